The van der Waals surface area contributed by atoms with Crippen LogP contribution in [0.25, 0.3) is 0 Å². The molecule has 0 bridgehead atoms. The van der Waals surface area contributed by atoms with Crippen LogP contribution in [0.2, 0.25) is 0 Å². The average Bonchev–Trinajstić information content (AvgIpc) is 3.05. The summed E-state index contributed by atoms with van der Waals surface area (Å²) in [7, 11) is 3.13. The van der Waals surface area contributed by atoms with Gasteiger partial charge in [0.2, 0.25) is 0 Å². The molecule has 0 saturated heterocycles. The number of nitro groups is 1. The summed E-state index contributed by atoms with van der Waals surface area (Å²) in [6, 6.07) is 8.32. The Balaban J connectivity index is 1.91. The molecule has 1 aromatic heterocycles. The van der Waals surface area contributed by atoms with Gasteiger partial charge >= 0.3 is 5.00 Å². The quantitative estimate of drug-likeness (QED) is 0.620. The molecule has 8 heteroatoms. The Hall–Kier alpha value is -2.61. The maximum Gasteiger partial charge on any atom is 0.324 e. The van der Waals surface area contributed by atoms with E-state index in [1.807, 2.05) is 12.1 Å². The van der Waals surface area contributed by atoms with Gasteiger partial charge in [-0.3, -0.25) is 14.9 Å². The van der Waals surface area contributed by atoms with Crippen molar-refractivity contribution in [1.82, 2.24) is 5.32 Å². The first kappa shape index (κ1) is 16.8. The van der Waals surface area contributed by atoms with E-state index in [9.17, 15) is 14.9 Å². The smallest absolute Gasteiger partial charge is 0.324 e. The molecule has 0 atom stereocenters. The summed E-state index contributed by atoms with van der Waals surface area (Å²) in [4.78, 5) is 22.4. The van der Waals surface area contributed by atoms with Gasteiger partial charge in [-0.05, 0) is 30.2 Å². The van der Waals surface area contributed by atoms with Crippen LogP contribution in [0.5, 0.6) is 11.5 Å². The van der Waals surface area contributed by atoms with Crippen LogP contribution in [0.15, 0.2) is 30.3 Å². The van der Waals surface area contributed by atoms with Crippen molar-refractivity contribution in [3.63, 3.8) is 0 Å². The summed E-state index contributed by atoms with van der Waals surface area (Å²) in [6.07, 6.45) is 0.611. The molecule has 0 aliphatic carbocycles. The zero-order chi connectivity index (χ0) is 16.8. The number of benzene rings is 1. The Kier molecular flexibility index (Phi) is 5.53. The number of thiophene rings is 1. The summed E-state index contributed by atoms with van der Waals surface area (Å²) in [5.41, 5.74) is 0.986. The van der Waals surface area contributed by atoms with Crippen molar-refractivity contribution in [2.45, 2.75) is 6.42 Å². The van der Waals surface area contributed by atoms with Crippen molar-refractivity contribution in [2.24, 2.45) is 0 Å². The number of ether oxygens (including phenoxy) is 2. The molecule has 1 N–H and O–H groups in total. The average molecular weight is 336 g/mol. The van der Waals surface area contributed by atoms with E-state index >= 15 is 0 Å². The fraction of sp³-hybridized carbons (Fsp3) is 0.267. The lowest BCUT2D eigenvalue weighted by atomic mass is 10.1. The first-order valence-electron chi connectivity index (χ1n) is 6.78. The molecule has 1 heterocycles. The molecule has 0 aliphatic rings. The van der Waals surface area contributed by atoms with Crippen LogP contribution in [-0.2, 0) is 6.42 Å². The molecular weight excluding hydrogens is 320 g/mol. The second-order valence-corrected chi connectivity index (χ2v) is 5.65. The van der Waals surface area contributed by atoms with Gasteiger partial charge in [0.1, 0.15) is 0 Å². The van der Waals surface area contributed by atoms with Crippen molar-refractivity contribution < 1.29 is 19.2 Å². The van der Waals surface area contributed by atoms with E-state index < -0.39 is 4.92 Å². The van der Waals surface area contributed by atoms with E-state index in [1.54, 1.807) is 20.3 Å². The van der Waals surface area contributed by atoms with Crippen molar-refractivity contribution in [1.29, 1.82) is 0 Å². The van der Waals surface area contributed by atoms with Crippen LogP contribution in [0.3, 0.4) is 0 Å². The second-order valence-electron chi connectivity index (χ2n) is 4.59. The number of carbonyl (C=O) groups excluding carboxylic acids is 1. The topological polar surface area (TPSA) is 90.7 Å². The van der Waals surface area contributed by atoms with Gasteiger partial charge in [-0.25, -0.2) is 0 Å². The van der Waals surface area contributed by atoms with E-state index in [0.29, 0.717) is 29.3 Å². The standard InChI is InChI=1S/C15H16N2O5S/c1-21-11-4-3-10(9-12(11)22-2)7-8-16-15(18)13-5-6-14(23-13)17(19)20/h3-6,9H,7-8H2,1-2H3,(H,16,18). The third-order valence-corrected chi connectivity index (χ3v) is 4.18. The van der Waals surface area contributed by atoms with Gasteiger partial charge in [-0.15, -0.1) is 0 Å². The molecule has 0 fully saturated rings. The fourth-order valence-electron chi connectivity index (χ4n) is 1.99. The number of methoxy groups -OCH3 is 2. The molecule has 0 aliphatic heterocycles. The molecule has 23 heavy (non-hydrogen) atoms. The van der Waals surface area contributed by atoms with Crippen LogP contribution in [0.1, 0.15) is 15.2 Å². The highest BCUT2D eigenvalue weighted by atomic mass is 32.1. The first-order chi connectivity index (χ1) is 11.0. The number of hydrogen-bond acceptors (Lipinski definition) is 6. The minimum absolute atomic E-state index is 0.0463. The van der Waals surface area contributed by atoms with Crippen LogP contribution in [-0.4, -0.2) is 31.6 Å². The number of nitrogens with zero attached hydrogens (tertiary/aromatic N) is 1. The normalized spacial score (nSPS) is 10.2. The zero-order valence-electron chi connectivity index (χ0n) is 12.7. The van der Waals surface area contributed by atoms with Gasteiger partial charge in [0, 0.05) is 12.6 Å². The fourth-order valence-corrected chi connectivity index (χ4v) is 2.73. The minimum Gasteiger partial charge on any atom is -0.493 e. The van der Waals surface area contributed by atoms with E-state index in [2.05, 4.69) is 5.32 Å². The van der Waals surface area contributed by atoms with Gasteiger partial charge in [0.05, 0.1) is 24.0 Å². The van der Waals surface area contributed by atoms with Gasteiger partial charge < -0.3 is 14.8 Å². The second kappa shape index (κ2) is 7.59. The summed E-state index contributed by atoms with van der Waals surface area (Å²) in [5.74, 6) is 0.958. The van der Waals surface area contributed by atoms with E-state index in [-0.39, 0.29) is 10.9 Å². The molecule has 0 saturated carbocycles. The Morgan fingerprint density at radius 3 is 2.57 bits per heavy atom. The van der Waals surface area contributed by atoms with Crippen LogP contribution >= 0.6 is 11.3 Å². The lowest BCUT2D eigenvalue weighted by Gasteiger charge is -2.09. The summed E-state index contributed by atoms with van der Waals surface area (Å²) in [6.45, 7) is 0.417. The SMILES string of the molecule is COc1ccc(CCNC(=O)c2ccc([N+](=O)[O-])s2)cc1OC. The molecule has 2 aromatic rings. The summed E-state index contributed by atoms with van der Waals surface area (Å²) in [5, 5.41) is 13.3. The molecule has 122 valence electrons. The summed E-state index contributed by atoms with van der Waals surface area (Å²) >= 11 is 0.859. The number of hydrogen-bond donors (Lipinski definition) is 1. The Morgan fingerprint density at radius 2 is 1.96 bits per heavy atom. The number of amides is 1. The molecule has 2 rings (SSSR count). The van der Waals surface area contributed by atoms with Crippen LogP contribution < -0.4 is 14.8 Å². The monoisotopic (exact) mass is 336 g/mol. The molecular formula is C15H16N2O5S. The van der Waals surface area contributed by atoms with Gasteiger partial charge in [-0.1, -0.05) is 17.4 Å². The highest BCUT2D eigenvalue weighted by molar-refractivity contribution is 7.17. The van der Waals surface area contributed by atoms with Gasteiger partial charge in [-0.2, -0.15) is 0 Å². The number of rotatable bonds is 7. The Bertz CT molecular complexity index is 714. The minimum atomic E-state index is -0.509. The third-order valence-electron chi connectivity index (χ3n) is 3.14. The first-order valence-corrected chi connectivity index (χ1v) is 7.60. The lowest BCUT2D eigenvalue weighted by molar-refractivity contribution is -0.380. The van der Waals surface area contributed by atoms with Crippen molar-refractivity contribution in [3.8, 4) is 11.5 Å². The van der Waals surface area contributed by atoms with Gasteiger partial charge in [0.15, 0.2) is 11.5 Å². The van der Waals surface area contributed by atoms with Crippen molar-refractivity contribution in [2.75, 3.05) is 20.8 Å². The molecule has 0 spiro atoms. The highest BCUT2D eigenvalue weighted by Gasteiger charge is 2.14. The molecule has 0 unspecified atom stereocenters. The summed E-state index contributed by atoms with van der Waals surface area (Å²) < 4.78 is 10.4. The molecule has 0 radical (unpaired) electrons. The zero-order valence-corrected chi connectivity index (χ0v) is 13.5. The van der Waals surface area contributed by atoms with E-state index in [1.165, 1.54) is 12.1 Å². The predicted molar refractivity (Wildman–Crippen MR) is 86.6 cm³/mol. The van der Waals surface area contributed by atoms with Crippen molar-refractivity contribution >= 4 is 22.2 Å². The van der Waals surface area contributed by atoms with Crippen LogP contribution in [0.4, 0.5) is 5.00 Å². The Labute approximate surface area is 137 Å². The van der Waals surface area contributed by atoms with Gasteiger partial charge in [0.25, 0.3) is 5.91 Å². The third kappa shape index (κ3) is 4.19. The van der Waals surface area contributed by atoms with E-state index in [4.69, 9.17) is 9.47 Å². The van der Waals surface area contributed by atoms with Crippen LogP contribution in [0, 0.1) is 10.1 Å². The highest BCUT2D eigenvalue weighted by Crippen LogP contribution is 2.27. The van der Waals surface area contributed by atoms with Crippen molar-refractivity contribution in [3.05, 3.63) is 50.9 Å². The molecule has 1 aromatic carbocycles. The maximum atomic E-state index is 11.9. The molecule has 7 nitrogen and oxygen atoms in total. The predicted octanol–water partition coefficient (Wildman–Crippen LogP) is 2.65. The maximum absolute atomic E-state index is 11.9. The largest absolute Gasteiger partial charge is 0.493 e. The van der Waals surface area contributed by atoms with E-state index in [0.717, 1.165) is 16.9 Å². The lowest BCUT2D eigenvalue weighted by Crippen LogP contribution is -2.24. The Morgan fingerprint density at radius 1 is 1.22 bits per heavy atom. The number of nitrogens with one attached hydrogen (secondary N) is 1. The number of carbonyl (C=O) groups is 1. The molecule has 1 amide bonds.